The average molecular weight is 451 g/mol. The van der Waals surface area contributed by atoms with Gasteiger partial charge in [0.2, 0.25) is 0 Å². The van der Waals surface area contributed by atoms with Gasteiger partial charge in [-0.05, 0) is 79.7 Å². The summed E-state index contributed by atoms with van der Waals surface area (Å²) in [4.78, 5) is 29.9. The molecule has 2 aromatic carbocycles. The molecule has 0 bridgehead atoms. The van der Waals surface area contributed by atoms with E-state index in [1.54, 1.807) is 47.2 Å². The normalized spacial score (nSPS) is 16.0. The number of thioether (sulfide) groups is 1. The Hall–Kier alpha value is -3.29. The predicted octanol–water partition coefficient (Wildman–Crippen LogP) is 5.03. The Morgan fingerprint density at radius 1 is 1.13 bits per heavy atom. The molecule has 1 fully saturated rings. The number of aryl methyl sites for hydroxylation is 1. The van der Waals surface area contributed by atoms with Crippen molar-refractivity contribution in [2.75, 3.05) is 5.43 Å². The first-order chi connectivity index (χ1) is 14.9. The number of hydrogen-bond donors (Lipinski definition) is 2. The Morgan fingerprint density at radius 2 is 1.84 bits per heavy atom. The van der Waals surface area contributed by atoms with E-state index in [0.29, 0.717) is 26.3 Å². The Balaban J connectivity index is 1.55. The number of benzene rings is 2. The smallest absolute Gasteiger partial charge is 0.270 e. The summed E-state index contributed by atoms with van der Waals surface area (Å²) in [5.41, 5.74) is 6.70. The van der Waals surface area contributed by atoms with Crippen LogP contribution < -0.4 is 10.7 Å². The lowest BCUT2D eigenvalue weighted by molar-refractivity contribution is -0.115. The third-order valence-corrected chi connectivity index (χ3v) is 5.88. The Morgan fingerprint density at radius 3 is 2.55 bits per heavy atom. The number of aromatic nitrogens is 1. The quantitative estimate of drug-likeness (QED) is 0.547. The van der Waals surface area contributed by atoms with E-state index in [1.807, 2.05) is 38.1 Å². The Bertz CT molecular complexity index is 1210. The molecule has 1 aromatic heterocycles. The van der Waals surface area contributed by atoms with E-state index in [0.717, 1.165) is 17.0 Å². The summed E-state index contributed by atoms with van der Waals surface area (Å²) < 4.78 is 1.72. The van der Waals surface area contributed by atoms with Crippen LogP contribution in [-0.4, -0.2) is 21.7 Å². The molecule has 2 amide bonds. The van der Waals surface area contributed by atoms with Gasteiger partial charge >= 0.3 is 0 Å². The number of nitrogens with one attached hydrogen (secondary N) is 2. The van der Waals surface area contributed by atoms with Gasteiger partial charge in [0.1, 0.15) is 0 Å². The van der Waals surface area contributed by atoms with Crippen molar-refractivity contribution in [1.82, 2.24) is 9.99 Å². The van der Waals surface area contributed by atoms with E-state index in [1.165, 1.54) is 11.8 Å². The third kappa shape index (κ3) is 4.73. The van der Waals surface area contributed by atoms with E-state index in [-0.39, 0.29) is 11.8 Å². The fourth-order valence-electron chi connectivity index (χ4n) is 3.12. The molecule has 4 rings (SSSR count). The maximum atomic E-state index is 12.5. The highest BCUT2D eigenvalue weighted by molar-refractivity contribution is 8.18. The van der Waals surface area contributed by atoms with Gasteiger partial charge in [-0.1, -0.05) is 29.8 Å². The van der Waals surface area contributed by atoms with Crippen LogP contribution in [0.2, 0.25) is 5.02 Å². The van der Waals surface area contributed by atoms with Crippen LogP contribution in [0.5, 0.6) is 0 Å². The second-order valence-electron chi connectivity index (χ2n) is 6.93. The van der Waals surface area contributed by atoms with Crippen LogP contribution >= 0.6 is 23.4 Å². The SMILES string of the molecule is Cc1cc(/C=C2\SC(=Nc3ccc(Cl)cc3)NC2=O)c(C)n1NC(=O)c1ccccc1. The first-order valence-electron chi connectivity index (χ1n) is 9.51. The maximum absolute atomic E-state index is 12.5. The van der Waals surface area contributed by atoms with Crippen molar-refractivity contribution in [3.8, 4) is 0 Å². The highest BCUT2D eigenvalue weighted by Gasteiger charge is 2.24. The Kier molecular flexibility index (Phi) is 5.97. The van der Waals surface area contributed by atoms with Crippen molar-refractivity contribution in [3.05, 3.63) is 93.1 Å². The molecule has 1 aliphatic rings. The molecule has 3 aromatic rings. The molecule has 0 radical (unpaired) electrons. The zero-order chi connectivity index (χ0) is 22.0. The molecule has 1 aliphatic heterocycles. The second kappa shape index (κ2) is 8.83. The number of rotatable bonds is 4. The Labute approximate surface area is 189 Å². The van der Waals surface area contributed by atoms with Crippen LogP contribution in [0.25, 0.3) is 6.08 Å². The summed E-state index contributed by atoms with van der Waals surface area (Å²) >= 11 is 7.17. The maximum Gasteiger partial charge on any atom is 0.270 e. The molecule has 0 spiro atoms. The summed E-state index contributed by atoms with van der Waals surface area (Å²) in [5.74, 6) is -0.414. The standard InChI is InChI=1S/C23H19ClN4O2S/c1-14-12-17(15(2)28(14)27-21(29)16-6-4-3-5-7-16)13-20-22(30)26-23(31-20)25-19-10-8-18(24)9-11-19/h3-13H,1-2H3,(H,27,29)(H,25,26,30)/b20-13-. The largest absolute Gasteiger partial charge is 0.300 e. The molecule has 0 saturated carbocycles. The molecule has 156 valence electrons. The van der Waals surface area contributed by atoms with Crippen molar-refractivity contribution in [1.29, 1.82) is 0 Å². The van der Waals surface area contributed by atoms with Gasteiger partial charge < -0.3 is 5.32 Å². The zero-order valence-corrected chi connectivity index (χ0v) is 18.4. The van der Waals surface area contributed by atoms with Crippen molar-refractivity contribution in [2.45, 2.75) is 13.8 Å². The number of carbonyl (C=O) groups is 2. The number of carbonyl (C=O) groups excluding carboxylic acids is 2. The fraction of sp³-hybridized carbons (Fsp3) is 0.0870. The third-order valence-electron chi connectivity index (χ3n) is 4.71. The molecule has 1 saturated heterocycles. The number of halogens is 1. The molecule has 31 heavy (non-hydrogen) atoms. The highest BCUT2D eigenvalue weighted by Crippen LogP contribution is 2.29. The van der Waals surface area contributed by atoms with Gasteiger partial charge in [-0.2, -0.15) is 0 Å². The monoisotopic (exact) mass is 450 g/mol. The molecule has 2 heterocycles. The van der Waals surface area contributed by atoms with Crippen LogP contribution in [0.1, 0.15) is 27.3 Å². The minimum Gasteiger partial charge on any atom is -0.300 e. The highest BCUT2D eigenvalue weighted by atomic mass is 35.5. The molecule has 8 heteroatoms. The summed E-state index contributed by atoms with van der Waals surface area (Å²) in [6.45, 7) is 3.79. The zero-order valence-electron chi connectivity index (χ0n) is 16.8. The van der Waals surface area contributed by atoms with Crippen LogP contribution in [0.15, 0.2) is 70.6 Å². The number of hydrogen-bond acceptors (Lipinski definition) is 4. The second-order valence-corrected chi connectivity index (χ2v) is 8.39. The van der Waals surface area contributed by atoms with E-state index in [4.69, 9.17) is 11.6 Å². The minimum atomic E-state index is -0.212. The number of amides is 2. The van der Waals surface area contributed by atoms with E-state index >= 15 is 0 Å². The van der Waals surface area contributed by atoms with Crippen LogP contribution in [-0.2, 0) is 4.79 Å². The first-order valence-corrected chi connectivity index (χ1v) is 10.7. The van der Waals surface area contributed by atoms with Crippen LogP contribution in [0, 0.1) is 13.8 Å². The lowest BCUT2D eigenvalue weighted by Crippen LogP contribution is -2.24. The van der Waals surface area contributed by atoms with E-state index in [9.17, 15) is 9.59 Å². The van der Waals surface area contributed by atoms with Gasteiger partial charge in [-0.3, -0.25) is 19.7 Å². The summed E-state index contributed by atoms with van der Waals surface area (Å²) in [6, 6.07) is 18.0. The topological polar surface area (TPSA) is 75.5 Å². The molecule has 0 atom stereocenters. The van der Waals surface area contributed by atoms with Gasteiger partial charge in [0.25, 0.3) is 11.8 Å². The van der Waals surface area contributed by atoms with Gasteiger partial charge in [-0.25, -0.2) is 4.99 Å². The lowest BCUT2D eigenvalue weighted by Gasteiger charge is -2.11. The molecule has 0 aliphatic carbocycles. The number of nitrogens with zero attached hydrogens (tertiary/aromatic N) is 2. The van der Waals surface area contributed by atoms with Crippen molar-refractivity contribution < 1.29 is 9.59 Å². The summed E-state index contributed by atoms with van der Waals surface area (Å²) in [6.07, 6.45) is 1.80. The molecule has 0 unspecified atom stereocenters. The average Bonchev–Trinajstić information content (AvgIpc) is 3.23. The van der Waals surface area contributed by atoms with Crippen LogP contribution in [0.4, 0.5) is 5.69 Å². The minimum absolute atomic E-state index is 0.202. The van der Waals surface area contributed by atoms with Gasteiger partial charge in [-0.15, -0.1) is 0 Å². The van der Waals surface area contributed by atoms with Gasteiger partial charge in [0, 0.05) is 22.0 Å². The van der Waals surface area contributed by atoms with Crippen molar-refractivity contribution in [3.63, 3.8) is 0 Å². The summed E-state index contributed by atoms with van der Waals surface area (Å²) in [5, 5.41) is 3.91. The van der Waals surface area contributed by atoms with E-state index < -0.39 is 0 Å². The summed E-state index contributed by atoms with van der Waals surface area (Å²) in [7, 11) is 0. The number of amidine groups is 1. The predicted molar refractivity (Wildman–Crippen MR) is 126 cm³/mol. The molecule has 2 N–H and O–H groups in total. The van der Waals surface area contributed by atoms with E-state index in [2.05, 4.69) is 15.7 Å². The molecular formula is C23H19ClN4O2S. The van der Waals surface area contributed by atoms with Crippen LogP contribution in [0.3, 0.4) is 0 Å². The van der Waals surface area contributed by atoms with Gasteiger partial charge in [0.15, 0.2) is 5.17 Å². The molecule has 6 nitrogen and oxygen atoms in total. The van der Waals surface area contributed by atoms with Crippen molar-refractivity contribution >= 4 is 52.1 Å². The van der Waals surface area contributed by atoms with Crippen molar-refractivity contribution in [2.24, 2.45) is 4.99 Å². The van der Waals surface area contributed by atoms with Gasteiger partial charge in [0.05, 0.1) is 10.6 Å². The molecular weight excluding hydrogens is 432 g/mol. The number of aliphatic imine (C=N–C) groups is 1. The fourth-order valence-corrected chi connectivity index (χ4v) is 4.07. The first kappa shape index (κ1) is 21.0. The lowest BCUT2D eigenvalue weighted by atomic mass is 10.2.